The summed E-state index contributed by atoms with van der Waals surface area (Å²) in [6.45, 7) is 4.21. The zero-order valence-corrected chi connectivity index (χ0v) is 16.1. The highest BCUT2D eigenvalue weighted by Gasteiger charge is 2.26. The lowest BCUT2D eigenvalue weighted by molar-refractivity contribution is 0.0710. The van der Waals surface area contributed by atoms with E-state index in [1.165, 1.54) is 0 Å². The first-order valence-electron chi connectivity index (χ1n) is 9.27. The molecular weight excluding hydrogens is 322 g/mol. The van der Waals surface area contributed by atoms with Gasteiger partial charge in [-0.2, -0.15) is 0 Å². The van der Waals surface area contributed by atoms with E-state index >= 15 is 0 Å². The minimum atomic E-state index is 0.0357. The molecule has 0 aliphatic carbocycles. The standard InChI is InChI=1S/C22H27N3O/c1-5-6-12-19(17-10-9-14-23-15-17)25(4)22(26)21-16(2)18-11-7-8-13-20(18)24(21)3/h7-11,13-15,19H,5-6,12H2,1-4H3/t19-/m1/s1. The Morgan fingerprint density at radius 1 is 1.23 bits per heavy atom. The van der Waals surface area contributed by atoms with E-state index in [0.717, 1.165) is 47.0 Å². The minimum Gasteiger partial charge on any atom is -0.339 e. The first-order chi connectivity index (χ1) is 12.6. The molecule has 26 heavy (non-hydrogen) atoms. The van der Waals surface area contributed by atoms with E-state index in [-0.39, 0.29) is 11.9 Å². The number of carbonyl (C=O) groups is 1. The summed E-state index contributed by atoms with van der Waals surface area (Å²) in [7, 11) is 3.88. The Balaban J connectivity index is 2.00. The molecule has 1 aromatic carbocycles. The third-order valence-corrected chi connectivity index (χ3v) is 5.25. The summed E-state index contributed by atoms with van der Waals surface area (Å²) in [5, 5.41) is 1.14. The van der Waals surface area contributed by atoms with E-state index in [0.29, 0.717) is 0 Å². The monoisotopic (exact) mass is 349 g/mol. The molecule has 0 aliphatic rings. The first kappa shape index (κ1) is 18.2. The smallest absolute Gasteiger partial charge is 0.271 e. The van der Waals surface area contributed by atoms with E-state index in [4.69, 9.17) is 0 Å². The van der Waals surface area contributed by atoms with Crippen LogP contribution in [0.25, 0.3) is 10.9 Å². The fraction of sp³-hybridized carbons (Fsp3) is 0.364. The van der Waals surface area contributed by atoms with Gasteiger partial charge in [-0.25, -0.2) is 0 Å². The fourth-order valence-electron chi connectivity index (χ4n) is 3.75. The number of aryl methyl sites for hydroxylation is 2. The van der Waals surface area contributed by atoms with Gasteiger partial charge in [-0.15, -0.1) is 0 Å². The summed E-state index contributed by atoms with van der Waals surface area (Å²) in [5.74, 6) is 0.0613. The molecule has 0 spiro atoms. The second-order valence-corrected chi connectivity index (χ2v) is 6.91. The van der Waals surface area contributed by atoms with Gasteiger partial charge in [-0.05, 0) is 36.6 Å². The molecule has 1 atom stereocenters. The van der Waals surface area contributed by atoms with Gasteiger partial charge in [-0.1, -0.05) is 44.0 Å². The normalized spacial score (nSPS) is 12.3. The molecule has 4 nitrogen and oxygen atoms in total. The van der Waals surface area contributed by atoms with Crippen LogP contribution >= 0.6 is 0 Å². The van der Waals surface area contributed by atoms with Gasteiger partial charge in [0.25, 0.3) is 5.91 Å². The van der Waals surface area contributed by atoms with Gasteiger partial charge in [0.2, 0.25) is 0 Å². The van der Waals surface area contributed by atoms with Gasteiger partial charge >= 0.3 is 0 Å². The van der Waals surface area contributed by atoms with E-state index in [9.17, 15) is 4.79 Å². The van der Waals surface area contributed by atoms with Crippen molar-refractivity contribution in [1.29, 1.82) is 0 Å². The number of benzene rings is 1. The summed E-state index contributed by atoms with van der Waals surface area (Å²) in [5.41, 5.74) is 3.99. The molecule has 0 bridgehead atoms. The Morgan fingerprint density at radius 3 is 2.65 bits per heavy atom. The Bertz CT molecular complexity index is 859. The molecule has 0 fully saturated rings. The summed E-state index contributed by atoms with van der Waals surface area (Å²) < 4.78 is 2.02. The Morgan fingerprint density at radius 2 is 2.00 bits per heavy atom. The third-order valence-electron chi connectivity index (χ3n) is 5.25. The Labute approximate surface area is 155 Å². The fourth-order valence-corrected chi connectivity index (χ4v) is 3.75. The minimum absolute atomic E-state index is 0.0357. The Hall–Kier alpha value is -2.62. The number of nitrogens with zero attached hydrogens (tertiary/aromatic N) is 3. The van der Waals surface area contributed by atoms with Crippen molar-refractivity contribution in [2.24, 2.45) is 7.05 Å². The lowest BCUT2D eigenvalue weighted by Gasteiger charge is -2.29. The zero-order chi connectivity index (χ0) is 18.7. The maximum absolute atomic E-state index is 13.4. The van der Waals surface area contributed by atoms with E-state index in [2.05, 4.69) is 30.1 Å². The molecule has 2 heterocycles. The molecule has 4 heteroatoms. The quantitative estimate of drug-likeness (QED) is 0.636. The van der Waals surface area contributed by atoms with Crippen molar-refractivity contribution < 1.29 is 4.79 Å². The predicted molar refractivity (Wildman–Crippen MR) is 106 cm³/mol. The molecule has 3 rings (SSSR count). The number of pyridine rings is 1. The average Bonchev–Trinajstić information content (AvgIpc) is 2.93. The number of carbonyl (C=O) groups excluding carboxylic acids is 1. The first-order valence-corrected chi connectivity index (χ1v) is 9.27. The predicted octanol–water partition coefficient (Wildman–Crippen LogP) is 4.89. The largest absolute Gasteiger partial charge is 0.339 e. The van der Waals surface area contributed by atoms with Crippen LogP contribution in [-0.4, -0.2) is 27.4 Å². The van der Waals surface area contributed by atoms with Gasteiger partial charge in [-0.3, -0.25) is 9.78 Å². The van der Waals surface area contributed by atoms with Crippen LogP contribution in [0.3, 0.4) is 0 Å². The highest BCUT2D eigenvalue weighted by Crippen LogP contribution is 2.30. The lowest BCUT2D eigenvalue weighted by atomic mass is 10.0. The van der Waals surface area contributed by atoms with Crippen LogP contribution in [0.5, 0.6) is 0 Å². The zero-order valence-electron chi connectivity index (χ0n) is 16.1. The molecule has 2 aromatic heterocycles. The van der Waals surface area contributed by atoms with Gasteiger partial charge in [0.05, 0.1) is 6.04 Å². The van der Waals surface area contributed by atoms with E-state index in [1.807, 2.05) is 54.9 Å². The molecule has 0 unspecified atom stereocenters. The topological polar surface area (TPSA) is 38.1 Å². The van der Waals surface area contributed by atoms with Gasteiger partial charge < -0.3 is 9.47 Å². The average molecular weight is 349 g/mol. The third kappa shape index (κ3) is 3.24. The summed E-state index contributed by atoms with van der Waals surface area (Å²) in [6, 6.07) is 12.2. The Kier molecular flexibility index (Phi) is 5.40. The molecule has 0 aliphatic heterocycles. The van der Waals surface area contributed by atoms with Crippen molar-refractivity contribution in [2.75, 3.05) is 7.05 Å². The molecule has 136 valence electrons. The number of unbranched alkanes of at least 4 members (excludes halogenated alkanes) is 1. The summed E-state index contributed by atoms with van der Waals surface area (Å²) >= 11 is 0. The van der Waals surface area contributed by atoms with Crippen LogP contribution in [0.4, 0.5) is 0 Å². The molecule has 1 amide bonds. The molecule has 0 N–H and O–H groups in total. The number of amides is 1. The van der Waals surface area contributed by atoms with Gasteiger partial charge in [0, 0.05) is 37.4 Å². The highest BCUT2D eigenvalue weighted by atomic mass is 16.2. The number of hydrogen-bond donors (Lipinski definition) is 0. The van der Waals surface area contributed by atoms with Crippen molar-refractivity contribution in [3.63, 3.8) is 0 Å². The van der Waals surface area contributed by atoms with Crippen LogP contribution in [0, 0.1) is 6.92 Å². The number of rotatable bonds is 6. The second-order valence-electron chi connectivity index (χ2n) is 6.91. The van der Waals surface area contributed by atoms with Gasteiger partial charge in [0.15, 0.2) is 0 Å². The van der Waals surface area contributed by atoms with Crippen molar-refractivity contribution in [1.82, 2.24) is 14.5 Å². The van der Waals surface area contributed by atoms with Crippen LogP contribution in [-0.2, 0) is 7.05 Å². The summed E-state index contributed by atoms with van der Waals surface area (Å²) in [4.78, 5) is 19.6. The van der Waals surface area contributed by atoms with E-state index < -0.39 is 0 Å². The number of para-hydroxylation sites is 1. The van der Waals surface area contributed by atoms with Crippen LogP contribution in [0.2, 0.25) is 0 Å². The van der Waals surface area contributed by atoms with Crippen LogP contribution in [0.15, 0.2) is 48.8 Å². The SMILES string of the molecule is CCCC[C@H](c1cccnc1)N(C)C(=O)c1c(C)c2ccccc2n1C. The molecule has 0 radical (unpaired) electrons. The maximum atomic E-state index is 13.4. The van der Waals surface area contributed by atoms with E-state index in [1.54, 1.807) is 6.20 Å². The van der Waals surface area contributed by atoms with Crippen molar-refractivity contribution in [3.05, 3.63) is 65.6 Å². The molecular formula is C22H27N3O. The van der Waals surface area contributed by atoms with Crippen LogP contribution < -0.4 is 0 Å². The van der Waals surface area contributed by atoms with Crippen molar-refractivity contribution >= 4 is 16.8 Å². The molecule has 3 aromatic rings. The van der Waals surface area contributed by atoms with Gasteiger partial charge in [0.1, 0.15) is 5.69 Å². The van der Waals surface area contributed by atoms with Crippen LogP contribution in [0.1, 0.15) is 53.8 Å². The van der Waals surface area contributed by atoms with Crippen molar-refractivity contribution in [2.45, 2.75) is 39.2 Å². The summed E-state index contributed by atoms with van der Waals surface area (Å²) in [6.07, 6.45) is 6.76. The lowest BCUT2D eigenvalue weighted by Crippen LogP contribution is -2.33. The number of aromatic nitrogens is 2. The number of hydrogen-bond acceptors (Lipinski definition) is 2. The van der Waals surface area contributed by atoms with Crippen molar-refractivity contribution in [3.8, 4) is 0 Å². The maximum Gasteiger partial charge on any atom is 0.271 e. The molecule has 0 saturated heterocycles. The second kappa shape index (κ2) is 7.73. The molecule has 0 saturated carbocycles. The highest BCUT2D eigenvalue weighted by molar-refractivity contribution is 6.01. The number of fused-ring (bicyclic) bond motifs is 1.